The van der Waals surface area contributed by atoms with Gasteiger partial charge in [0.05, 0.1) is 0 Å². The Morgan fingerprint density at radius 3 is 2.81 bits per heavy atom. The molecule has 2 aromatic carbocycles. The summed E-state index contributed by atoms with van der Waals surface area (Å²) in [7, 11) is 0. The van der Waals surface area contributed by atoms with Gasteiger partial charge in [-0.2, -0.15) is 0 Å². The molecule has 0 saturated heterocycles. The van der Waals surface area contributed by atoms with Gasteiger partial charge in [0, 0.05) is 29.6 Å². The summed E-state index contributed by atoms with van der Waals surface area (Å²) in [6.07, 6.45) is 2.19. The molecule has 3 heteroatoms. The van der Waals surface area contributed by atoms with Crippen molar-refractivity contribution in [3.63, 3.8) is 0 Å². The summed E-state index contributed by atoms with van der Waals surface area (Å²) in [6.45, 7) is -5.45. The third kappa shape index (κ3) is 3.18. The number of hydrogen-bond donors (Lipinski definition) is 0. The van der Waals surface area contributed by atoms with E-state index in [1.165, 1.54) is 0 Å². The summed E-state index contributed by atoms with van der Waals surface area (Å²) in [5.74, 6) is 0. The maximum Gasteiger partial charge on any atom is 0.0412 e. The van der Waals surface area contributed by atoms with Gasteiger partial charge in [0.1, 0.15) is 0 Å². The van der Waals surface area contributed by atoms with Crippen molar-refractivity contribution in [1.82, 2.24) is 4.90 Å². The molecule has 0 amide bonds. The summed E-state index contributed by atoms with van der Waals surface area (Å²) in [5, 5.41) is 0.617. The minimum Gasteiger partial charge on any atom is -0.309 e. The molecule has 21 heavy (non-hydrogen) atoms. The average Bonchev–Trinajstić information content (AvgIpc) is 2.55. The van der Waals surface area contributed by atoms with E-state index >= 15 is 0 Å². The fourth-order valence-electron chi connectivity index (χ4n) is 2.40. The normalized spacial score (nSPS) is 20.6. The van der Waals surface area contributed by atoms with Crippen LogP contribution in [-0.4, -0.2) is 25.4 Å². The topological polar surface area (TPSA) is 3.24 Å². The molecule has 3 rings (SSSR count). The van der Waals surface area contributed by atoms with Crippen molar-refractivity contribution in [2.24, 2.45) is 0 Å². The van der Waals surface area contributed by atoms with Crippen molar-refractivity contribution in [3.8, 4) is 0 Å². The molecule has 0 fully saturated rings. The highest BCUT2D eigenvalue weighted by Crippen LogP contribution is 2.46. The third-order valence-corrected chi connectivity index (χ3v) is 4.72. The smallest absolute Gasteiger partial charge is 0.0412 e. The molecule has 1 nitrogen and oxygen atoms in total. The number of fused-ring (bicyclic) bond motifs is 2. The highest BCUT2D eigenvalue weighted by atomic mass is 35.5. The lowest BCUT2D eigenvalue weighted by atomic mass is 9.96. The average molecular weight is 322 g/mol. The van der Waals surface area contributed by atoms with Gasteiger partial charge in [-0.15, -0.1) is 0 Å². The molecule has 108 valence electrons. The Balaban J connectivity index is 1.95. The van der Waals surface area contributed by atoms with Crippen molar-refractivity contribution in [2.45, 2.75) is 16.2 Å². The van der Waals surface area contributed by atoms with Crippen molar-refractivity contribution in [2.75, 3.05) is 20.5 Å². The van der Waals surface area contributed by atoms with Gasteiger partial charge in [-0.1, -0.05) is 47.6 Å². The molecule has 0 radical (unpaired) electrons. The first kappa shape index (κ1) is 9.04. The zero-order valence-corrected chi connectivity index (χ0v) is 12.8. The zero-order valence-electron chi connectivity index (χ0n) is 17.3. The zero-order chi connectivity index (χ0) is 19.8. The van der Waals surface area contributed by atoms with E-state index in [4.69, 9.17) is 19.8 Å². The molecule has 0 N–H and O–H groups in total. The van der Waals surface area contributed by atoms with E-state index in [0.717, 1.165) is 26.5 Å². The molecule has 0 spiro atoms. The van der Waals surface area contributed by atoms with Crippen LogP contribution in [0.1, 0.15) is 25.8 Å². The highest BCUT2D eigenvalue weighted by Gasteiger charge is 2.20. The fraction of sp³-hybridized carbons (Fsp3) is 0.222. The van der Waals surface area contributed by atoms with Crippen LogP contribution in [-0.2, 0) is 0 Å². The van der Waals surface area contributed by atoms with E-state index in [0.29, 0.717) is 9.92 Å². The van der Waals surface area contributed by atoms with Gasteiger partial charge in [0.2, 0.25) is 0 Å². The number of benzene rings is 2. The molecule has 0 aromatic heterocycles. The Morgan fingerprint density at radius 1 is 1.14 bits per heavy atom. The molecule has 0 aliphatic carbocycles. The van der Waals surface area contributed by atoms with Crippen LogP contribution in [0.3, 0.4) is 0 Å². The molecule has 0 saturated carbocycles. The van der Waals surface area contributed by atoms with Crippen LogP contribution in [0.5, 0.6) is 0 Å². The van der Waals surface area contributed by atoms with Crippen LogP contribution >= 0.6 is 23.4 Å². The van der Waals surface area contributed by atoms with Crippen LogP contribution in [0.25, 0.3) is 5.57 Å². The quantitative estimate of drug-likeness (QED) is 0.653. The summed E-state index contributed by atoms with van der Waals surface area (Å²) in [6, 6.07) is 13.6. The third-order valence-electron chi connectivity index (χ3n) is 3.33. The molecular weight excluding hydrogens is 298 g/mol. The number of nitrogens with zero attached hydrogens (tertiary/aromatic N) is 1. The van der Waals surface area contributed by atoms with Crippen molar-refractivity contribution < 1.29 is 8.22 Å². The molecule has 0 unspecified atom stereocenters. The van der Waals surface area contributed by atoms with Gasteiger partial charge in [-0.05, 0) is 61.3 Å². The largest absolute Gasteiger partial charge is 0.309 e. The van der Waals surface area contributed by atoms with Crippen LogP contribution in [0.4, 0.5) is 0 Å². The molecule has 1 heterocycles. The lowest BCUT2D eigenvalue weighted by Gasteiger charge is -2.22. The summed E-state index contributed by atoms with van der Waals surface area (Å²) in [4.78, 5) is 2.74. The van der Waals surface area contributed by atoms with E-state index in [1.807, 2.05) is 48.5 Å². The minimum atomic E-state index is -2.68. The summed E-state index contributed by atoms with van der Waals surface area (Å²) in [5.41, 5.74) is 2.95. The highest BCUT2D eigenvalue weighted by molar-refractivity contribution is 7.99. The lowest BCUT2D eigenvalue weighted by molar-refractivity contribution is 0.417. The Hall–Kier alpha value is -1.22. The number of halogens is 1. The molecule has 1 aliphatic rings. The fourth-order valence-corrected chi connectivity index (χ4v) is 3.66. The van der Waals surface area contributed by atoms with Gasteiger partial charge in [-0.25, -0.2) is 0 Å². The Bertz CT molecular complexity index is 861. The predicted molar refractivity (Wildman–Crippen MR) is 92.3 cm³/mol. The van der Waals surface area contributed by atoms with Gasteiger partial charge in [0.25, 0.3) is 0 Å². The van der Waals surface area contributed by atoms with Crippen LogP contribution in [0.2, 0.25) is 5.02 Å². The van der Waals surface area contributed by atoms with Crippen LogP contribution < -0.4 is 0 Å². The van der Waals surface area contributed by atoms with E-state index in [2.05, 4.69) is 0 Å². The van der Waals surface area contributed by atoms with E-state index in [-0.39, 0.29) is 13.0 Å². The van der Waals surface area contributed by atoms with Crippen LogP contribution in [0, 0.1) is 0 Å². The Morgan fingerprint density at radius 2 is 1.95 bits per heavy atom. The maximum atomic E-state index is 7.49. The number of rotatable bonds is 3. The molecule has 0 bridgehead atoms. The first-order valence-corrected chi connectivity index (χ1v) is 7.82. The molecule has 1 aliphatic heterocycles. The summed E-state index contributed by atoms with van der Waals surface area (Å²) >= 11 is 7.83. The lowest BCUT2D eigenvalue weighted by Crippen LogP contribution is -2.12. The molecule has 2 aromatic rings. The number of hydrogen-bond acceptors (Lipinski definition) is 2. The van der Waals surface area contributed by atoms with Crippen molar-refractivity contribution in [3.05, 3.63) is 64.7 Å². The second-order valence-corrected chi connectivity index (χ2v) is 6.32. The Labute approximate surface area is 144 Å². The van der Waals surface area contributed by atoms with Crippen molar-refractivity contribution >= 4 is 28.9 Å². The van der Waals surface area contributed by atoms with Gasteiger partial charge in [-0.3, -0.25) is 0 Å². The molecule has 0 atom stereocenters. The van der Waals surface area contributed by atoms with Crippen molar-refractivity contribution in [1.29, 1.82) is 0 Å². The second kappa shape index (κ2) is 6.27. The predicted octanol–water partition coefficient (Wildman–Crippen LogP) is 5.19. The van der Waals surface area contributed by atoms with E-state index < -0.39 is 14.0 Å². The first-order valence-electron chi connectivity index (χ1n) is 9.62. The van der Waals surface area contributed by atoms with Gasteiger partial charge < -0.3 is 4.90 Å². The first-order chi connectivity index (χ1) is 12.6. The van der Waals surface area contributed by atoms with Gasteiger partial charge in [0.15, 0.2) is 0 Å². The van der Waals surface area contributed by atoms with Gasteiger partial charge >= 0.3 is 0 Å². The maximum absolute atomic E-state index is 7.49. The molecular formula is C18H18ClNS. The standard InChI is InChI=1S/C18H18ClNS/c1-20(2)11-5-7-14-15-6-3-4-8-17(15)21-18-10-9-13(19)12-16(14)18/h3-4,6-10,12H,5,11H2,1-2H3/i1D3,2D3. The SMILES string of the molecule is [2H]C([2H])([2H])N(CCC=C1c2ccccc2Sc2ccc(Cl)cc21)C([2H])([2H])[2H]. The van der Waals surface area contributed by atoms with E-state index in [9.17, 15) is 0 Å². The summed E-state index contributed by atoms with van der Waals surface area (Å²) < 4.78 is 44.9. The van der Waals surface area contributed by atoms with Crippen LogP contribution in [0.15, 0.2) is 58.3 Å². The van der Waals surface area contributed by atoms with E-state index in [1.54, 1.807) is 11.8 Å². The minimum absolute atomic E-state index is 0.0955. The second-order valence-electron chi connectivity index (χ2n) is 4.80. The Kier molecular flexibility index (Phi) is 2.70. The monoisotopic (exact) mass is 321 g/mol.